The molecule has 0 aliphatic carbocycles. The molecule has 0 aliphatic rings. The van der Waals surface area contributed by atoms with Gasteiger partial charge >= 0.3 is 0 Å². The van der Waals surface area contributed by atoms with Crippen LogP contribution in [0.15, 0.2) is 12.5 Å². The maximum atomic E-state index is 13.6. The van der Waals surface area contributed by atoms with Crippen LogP contribution in [-0.4, -0.2) is 14.5 Å². The Bertz CT molecular complexity index is 510. The van der Waals surface area contributed by atoms with Crippen LogP contribution in [0, 0.1) is 5.82 Å². The van der Waals surface area contributed by atoms with Gasteiger partial charge in [-0.25, -0.2) is 14.4 Å². The van der Waals surface area contributed by atoms with Crippen molar-refractivity contribution in [1.82, 2.24) is 14.5 Å². The van der Waals surface area contributed by atoms with E-state index in [0.29, 0.717) is 11.0 Å². The molecule has 0 radical (unpaired) electrons. The molecule has 5 heteroatoms. The van der Waals surface area contributed by atoms with Gasteiger partial charge in [-0.05, 0) is 20.8 Å². The lowest BCUT2D eigenvalue weighted by atomic mass is 10.1. The van der Waals surface area contributed by atoms with Crippen molar-refractivity contribution in [1.29, 1.82) is 0 Å². The summed E-state index contributed by atoms with van der Waals surface area (Å²) < 4.78 is 15.4. The van der Waals surface area contributed by atoms with E-state index in [4.69, 9.17) is 5.73 Å². The van der Waals surface area contributed by atoms with Crippen LogP contribution < -0.4 is 5.73 Å². The molecular formula is C10H13FN4. The SMILES string of the molecule is CC(C)(C)n1cc(F)c2c(N)ncnc21. The Hall–Kier alpha value is -1.65. The lowest BCUT2D eigenvalue weighted by molar-refractivity contribution is 0.404. The number of nitrogens with two attached hydrogens (primary N) is 1. The molecule has 2 heterocycles. The smallest absolute Gasteiger partial charge is 0.154 e. The fourth-order valence-electron chi connectivity index (χ4n) is 1.55. The van der Waals surface area contributed by atoms with Crippen LogP contribution in [0.2, 0.25) is 0 Å². The fraction of sp³-hybridized carbons (Fsp3) is 0.400. The zero-order valence-electron chi connectivity index (χ0n) is 8.95. The molecule has 0 aromatic carbocycles. The lowest BCUT2D eigenvalue weighted by Crippen LogP contribution is -2.21. The predicted molar refractivity (Wildman–Crippen MR) is 56.9 cm³/mol. The first-order chi connectivity index (χ1) is 6.91. The highest BCUT2D eigenvalue weighted by Crippen LogP contribution is 2.27. The lowest BCUT2D eigenvalue weighted by Gasteiger charge is -2.21. The van der Waals surface area contributed by atoms with E-state index in [0.717, 1.165) is 0 Å². The quantitative estimate of drug-likeness (QED) is 0.719. The first-order valence-electron chi connectivity index (χ1n) is 4.69. The maximum Gasteiger partial charge on any atom is 0.154 e. The number of rotatable bonds is 0. The average molecular weight is 208 g/mol. The topological polar surface area (TPSA) is 56.7 Å². The van der Waals surface area contributed by atoms with E-state index in [1.807, 2.05) is 20.8 Å². The van der Waals surface area contributed by atoms with Crippen molar-refractivity contribution in [2.75, 3.05) is 5.73 Å². The monoisotopic (exact) mass is 208 g/mol. The molecule has 0 bridgehead atoms. The van der Waals surface area contributed by atoms with Crippen molar-refractivity contribution in [3.8, 4) is 0 Å². The second-order valence-electron chi connectivity index (χ2n) is 4.48. The number of hydrogen-bond donors (Lipinski definition) is 1. The summed E-state index contributed by atoms with van der Waals surface area (Å²) in [5, 5.41) is 0.299. The van der Waals surface area contributed by atoms with Crippen molar-refractivity contribution in [3.63, 3.8) is 0 Å². The molecule has 80 valence electrons. The van der Waals surface area contributed by atoms with E-state index in [-0.39, 0.29) is 17.2 Å². The third-order valence-electron chi connectivity index (χ3n) is 2.29. The van der Waals surface area contributed by atoms with E-state index >= 15 is 0 Å². The minimum Gasteiger partial charge on any atom is -0.383 e. The number of halogens is 1. The van der Waals surface area contributed by atoms with Gasteiger partial charge in [0.1, 0.15) is 17.8 Å². The second-order valence-corrected chi connectivity index (χ2v) is 4.48. The number of aromatic nitrogens is 3. The predicted octanol–water partition coefficient (Wildman–Crippen LogP) is 1.91. The van der Waals surface area contributed by atoms with Gasteiger partial charge in [-0.15, -0.1) is 0 Å². The van der Waals surface area contributed by atoms with Crippen LogP contribution in [0.1, 0.15) is 20.8 Å². The van der Waals surface area contributed by atoms with Crippen molar-refractivity contribution < 1.29 is 4.39 Å². The van der Waals surface area contributed by atoms with Crippen molar-refractivity contribution >= 4 is 16.9 Å². The van der Waals surface area contributed by atoms with Crippen LogP contribution in [0.5, 0.6) is 0 Å². The maximum absolute atomic E-state index is 13.6. The van der Waals surface area contributed by atoms with Gasteiger partial charge in [-0.2, -0.15) is 0 Å². The van der Waals surface area contributed by atoms with Gasteiger partial charge in [0, 0.05) is 11.7 Å². The highest BCUT2D eigenvalue weighted by Gasteiger charge is 2.20. The van der Waals surface area contributed by atoms with Crippen LogP contribution in [-0.2, 0) is 5.54 Å². The molecule has 0 atom stereocenters. The Kier molecular flexibility index (Phi) is 1.92. The molecule has 0 unspecified atom stereocenters. The van der Waals surface area contributed by atoms with Gasteiger partial charge in [0.2, 0.25) is 0 Å². The minimum absolute atomic E-state index is 0.181. The van der Waals surface area contributed by atoms with Gasteiger partial charge < -0.3 is 10.3 Å². The van der Waals surface area contributed by atoms with E-state index in [2.05, 4.69) is 9.97 Å². The van der Waals surface area contributed by atoms with Crippen LogP contribution >= 0.6 is 0 Å². The molecule has 0 spiro atoms. The zero-order valence-corrected chi connectivity index (χ0v) is 8.95. The third-order valence-corrected chi connectivity index (χ3v) is 2.29. The molecular weight excluding hydrogens is 195 g/mol. The molecule has 2 rings (SSSR count). The Morgan fingerprint density at radius 1 is 1.33 bits per heavy atom. The average Bonchev–Trinajstić information content (AvgIpc) is 2.44. The standard InChI is InChI=1S/C10H13FN4/c1-10(2,3)15-4-6(11)7-8(12)13-5-14-9(7)15/h4-5H,1-3H3,(H2,12,13,14). The summed E-state index contributed by atoms with van der Waals surface area (Å²) in [6.07, 6.45) is 2.76. The van der Waals surface area contributed by atoms with Gasteiger partial charge in [-0.1, -0.05) is 0 Å². The summed E-state index contributed by atoms with van der Waals surface area (Å²) in [7, 11) is 0. The minimum atomic E-state index is -0.377. The Morgan fingerprint density at radius 2 is 2.00 bits per heavy atom. The van der Waals surface area contributed by atoms with Crippen LogP contribution in [0.3, 0.4) is 0 Å². The van der Waals surface area contributed by atoms with Crippen LogP contribution in [0.4, 0.5) is 10.2 Å². The van der Waals surface area contributed by atoms with Gasteiger partial charge in [0.05, 0.1) is 5.39 Å². The molecule has 0 amide bonds. The first kappa shape index (κ1) is 9.89. The molecule has 0 saturated heterocycles. The van der Waals surface area contributed by atoms with E-state index in [1.165, 1.54) is 12.5 Å². The Balaban J connectivity index is 2.85. The zero-order chi connectivity index (χ0) is 11.2. The summed E-state index contributed by atoms with van der Waals surface area (Å²) >= 11 is 0. The number of anilines is 1. The summed E-state index contributed by atoms with van der Waals surface area (Å²) in [5.74, 6) is -0.196. The molecule has 2 aromatic heterocycles. The van der Waals surface area contributed by atoms with Gasteiger partial charge in [0.15, 0.2) is 5.82 Å². The molecule has 0 fully saturated rings. The molecule has 15 heavy (non-hydrogen) atoms. The third kappa shape index (κ3) is 1.44. The van der Waals surface area contributed by atoms with E-state index in [1.54, 1.807) is 4.57 Å². The number of hydrogen-bond acceptors (Lipinski definition) is 3. The Morgan fingerprint density at radius 3 is 2.60 bits per heavy atom. The molecule has 0 aliphatic heterocycles. The van der Waals surface area contributed by atoms with Crippen molar-refractivity contribution in [2.45, 2.75) is 26.3 Å². The highest BCUT2D eigenvalue weighted by atomic mass is 19.1. The largest absolute Gasteiger partial charge is 0.383 e. The fourth-order valence-corrected chi connectivity index (χ4v) is 1.55. The normalized spacial score (nSPS) is 12.3. The van der Waals surface area contributed by atoms with Gasteiger partial charge in [0.25, 0.3) is 0 Å². The Labute approximate surface area is 86.9 Å². The number of fused-ring (bicyclic) bond motifs is 1. The highest BCUT2D eigenvalue weighted by molar-refractivity contribution is 5.86. The molecule has 4 nitrogen and oxygen atoms in total. The van der Waals surface area contributed by atoms with E-state index < -0.39 is 0 Å². The second kappa shape index (κ2) is 2.92. The first-order valence-corrected chi connectivity index (χ1v) is 4.69. The molecule has 0 saturated carbocycles. The summed E-state index contributed by atoms with van der Waals surface area (Å²) in [5.41, 5.74) is 5.91. The van der Waals surface area contributed by atoms with Crippen molar-refractivity contribution in [3.05, 3.63) is 18.3 Å². The van der Waals surface area contributed by atoms with E-state index in [9.17, 15) is 4.39 Å². The summed E-state index contributed by atoms with van der Waals surface area (Å²) in [4.78, 5) is 7.84. The van der Waals surface area contributed by atoms with Crippen LogP contribution in [0.25, 0.3) is 11.0 Å². The van der Waals surface area contributed by atoms with Gasteiger partial charge in [-0.3, -0.25) is 0 Å². The number of nitrogens with zero attached hydrogens (tertiary/aromatic N) is 3. The summed E-state index contributed by atoms with van der Waals surface area (Å²) in [6.45, 7) is 5.93. The molecule has 2 aromatic rings. The van der Waals surface area contributed by atoms with Crippen molar-refractivity contribution in [2.24, 2.45) is 0 Å². The molecule has 2 N–H and O–H groups in total. The number of nitrogen functional groups attached to an aromatic ring is 1. The summed E-state index contributed by atoms with van der Waals surface area (Å²) in [6, 6.07) is 0.